The van der Waals surface area contributed by atoms with Crippen molar-refractivity contribution in [3.05, 3.63) is 34.9 Å². The highest BCUT2D eigenvalue weighted by Gasteiger charge is 2.24. The third-order valence-corrected chi connectivity index (χ3v) is 4.62. The molecule has 0 bridgehead atoms. The molecule has 1 aliphatic heterocycles. The second-order valence-corrected chi connectivity index (χ2v) is 6.38. The maximum Gasteiger partial charge on any atom is 0.0439 e. The Kier molecular flexibility index (Phi) is 4.17. The van der Waals surface area contributed by atoms with Crippen LogP contribution in [0.4, 0.5) is 0 Å². The van der Waals surface area contributed by atoms with Crippen LogP contribution >= 0.6 is 23.4 Å². The summed E-state index contributed by atoms with van der Waals surface area (Å²) in [7, 11) is 0. The normalized spacial score (nSPS) is 31.1. The van der Waals surface area contributed by atoms with Gasteiger partial charge >= 0.3 is 0 Å². The summed E-state index contributed by atoms with van der Waals surface area (Å²) in [6.45, 7) is 4.57. The first-order valence-electron chi connectivity index (χ1n) is 5.80. The molecule has 1 aliphatic rings. The maximum absolute atomic E-state index is 5.92. The third kappa shape index (κ3) is 2.93. The minimum Gasteiger partial charge on any atom is -0.306 e. The number of nitrogens with one attached hydrogen (secondary N) is 1. The van der Waals surface area contributed by atoms with Gasteiger partial charge in [-0.05, 0) is 36.8 Å². The second kappa shape index (κ2) is 5.44. The Labute approximate surface area is 107 Å². The highest BCUT2D eigenvalue weighted by atomic mass is 35.5. The summed E-state index contributed by atoms with van der Waals surface area (Å²) in [5.41, 5.74) is 1.35. The average molecular weight is 256 g/mol. The fourth-order valence-electron chi connectivity index (χ4n) is 2.09. The molecule has 0 aliphatic carbocycles. The zero-order chi connectivity index (χ0) is 11.5. The predicted molar refractivity (Wildman–Crippen MR) is 73.3 cm³/mol. The number of halogens is 1. The molecule has 1 saturated heterocycles. The van der Waals surface area contributed by atoms with E-state index >= 15 is 0 Å². The molecule has 3 atom stereocenters. The molecule has 0 aromatic heterocycles. The lowest BCUT2D eigenvalue weighted by atomic mass is 10.0. The van der Waals surface area contributed by atoms with Crippen LogP contribution in [0.2, 0.25) is 5.02 Å². The lowest BCUT2D eigenvalue weighted by molar-refractivity contribution is 0.456. The van der Waals surface area contributed by atoms with Gasteiger partial charge in [0, 0.05) is 22.4 Å². The summed E-state index contributed by atoms with van der Waals surface area (Å²) >= 11 is 7.98. The van der Waals surface area contributed by atoms with Crippen molar-refractivity contribution >= 4 is 23.4 Å². The van der Waals surface area contributed by atoms with Gasteiger partial charge in [0.1, 0.15) is 0 Å². The van der Waals surface area contributed by atoms with Gasteiger partial charge in [-0.2, -0.15) is 11.8 Å². The van der Waals surface area contributed by atoms with Crippen molar-refractivity contribution in [1.29, 1.82) is 0 Å². The van der Waals surface area contributed by atoms with E-state index in [4.69, 9.17) is 11.6 Å². The molecule has 88 valence electrons. The fourth-order valence-corrected chi connectivity index (χ4v) is 3.51. The molecule has 1 N–H and O–H groups in total. The number of hydrogen-bond donors (Lipinski definition) is 1. The topological polar surface area (TPSA) is 12.0 Å². The molecule has 0 amide bonds. The number of hydrogen-bond acceptors (Lipinski definition) is 2. The molecule has 1 fully saturated rings. The Hall–Kier alpha value is -0.180. The van der Waals surface area contributed by atoms with E-state index in [1.807, 2.05) is 12.1 Å². The molecule has 16 heavy (non-hydrogen) atoms. The Morgan fingerprint density at radius 2 is 1.94 bits per heavy atom. The Bertz CT molecular complexity index is 338. The van der Waals surface area contributed by atoms with Crippen molar-refractivity contribution in [3.8, 4) is 0 Å². The Morgan fingerprint density at radius 1 is 1.25 bits per heavy atom. The van der Waals surface area contributed by atoms with Gasteiger partial charge in [0.25, 0.3) is 0 Å². The number of rotatable bonds is 1. The van der Waals surface area contributed by atoms with Gasteiger partial charge < -0.3 is 5.32 Å². The Morgan fingerprint density at radius 3 is 2.62 bits per heavy atom. The van der Waals surface area contributed by atoms with E-state index in [0.717, 1.165) is 5.02 Å². The van der Waals surface area contributed by atoms with E-state index < -0.39 is 0 Å². The monoisotopic (exact) mass is 255 g/mol. The van der Waals surface area contributed by atoms with Gasteiger partial charge in [-0.25, -0.2) is 0 Å². The third-order valence-electron chi connectivity index (χ3n) is 3.09. The fraction of sp³-hybridized carbons (Fsp3) is 0.538. The van der Waals surface area contributed by atoms with Crippen molar-refractivity contribution < 1.29 is 0 Å². The summed E-state index contributed by atoms with van der Waals surface area (Å²) in [4.78, 5) is 0. The van der Waals surface area contributed by atoms with E-state index in [2.05, 4.69) is 43.1 Å². The molecule has 1 heterocycles. The number of thioether (sulfide) groups is 1. The lowest BCUT2D eigenvalue weighted by Crippen LogP contribution is -2.33. The second-order valence-electron chi connectivity index (χ2n) is 4.46. The molecule has 1 aromatic carbocycles. The lowest BCUT2D eigenvalue weighted by Gasteiger charge is -2.24. The quantitative estimate of drug-likeness (QED) is 0.817. The molecule has 3 heteroatoms. The molecule has 1 nitrogen and oxygen atoms in total. The van der Waals surface area contributed by atoms with Gasteiger partial charge in [-0.1, -0.05) is 30.7 Å². The summed E-state index contributed by atoms with van der Waals surface area (Å²) in [6, 6.07) is 9.26. The molecule has 3 unspecified atom stereocenters. The first-order valence-corrected chi connectivity index (χ1v) is 7.22. The van der Waals surface area contributed by atoms with Crippen molar-refractivity contribution in [3.63, 3.8) is 0 Å². The van der Waals surface area contributed by atoms with Crippen LogP contribution < -0.4 is 5.32 Å². The minimum atomic E-state index is 0.444. The van der Waals surface area contributed by atoms with Crippen molar-refractivity contribution in [2.24, 2.45) is 0 Å². The molecule has 0 spiro atoms. The van der Waals surface area contributed by atoms with E-state index in [1.54, 1.807) is 0 Å². The van der Waals surface area contributed by atoms with Crippen molar-refractivity contribution in [2.45, 2.75) is 37.6 Å². The van der Waals surface area contributed by atoms with E-state index in [9.17, 15) is 0 Å². The smallest absolute Gasteiger partial charge is 0.0439 e. The SMILES string of the molecule is CC1CCSC(C)C(c2ccc(Cl)cc2)N1. The summed E-state index contributed by atoms with van der Waals surface area (Å²) < 4.78 is 0. The molecule has 1 aromatic rings. The summed E-state index contributed by atoms with van der Waals surface area (Å²) in [6.07, 6.45) is 1.25. The standard InChI is InChI=1S/C13H18ClNS/c1-9-7-8-16-10(2)13(15-9)11-3-5-12(14)6-4-11/h3-6,9-10,13,15H,7-8H2,1-2H3. The van der Waals surface area contributed by atoms with E-state index in [0.29, 0.717) is 17.3 Å². The van der Waals surface area contributed by atoms with Crippen LogP contribution in [0.3, 0.4) is 0 Å². The summed E-state index contributed by atoms with van der Waals surface area (Å²) in [5, 5.41) is 5.13. The van der Waals surface area contributed by atoms with Crippen LogP contribution in [0, 0.1) is 0 Å². The predicted octanol–water partition coefficient (Wildman–Crippen LogP) is 3.88. The Balaban J connectivity index is 2.19. The zero-order valence-corrected chi connectivity index (χ0v) is 11.3. The van der Waals surface area contributed by atoms with Gasteiger partial charge in [-0.15, -0.1) is 0 Å². The molecular formula is C13H18ClNS. The minimum absolute atomic E-state index is 0.444. The van der Waals surface area contributed by atoms with Gasteiger partial charge in [-0.3, -0.25) is 0 Å². The molecule has 2 rings (SSSR count). The first-order chi connectivity index (χ1) is 7.66. The van der Waals surface area contributed by atoms with E-state index in [1.165, 1.54) is 17.7 Å². The molecule has 0 saturated carbocycles. The average Bonchev–Trinajstić information content (AvgIpc) is 2.42. The largest absolute Gasteiger partial charge is 0.306 e. The van der Waals surface area contributed by atoms with Crippen molar-refractivity contribution in [1.82, 2.24) is 5.32 Å². The summed E-state index contributed by atoms with van der Waals surface area (Å²) in [5.74, 6) is 1.25. The first kappa shape index (κ1) is 12.3. The molecule has 0 radical (unpaired) electrons. The van der Waals surface area contributed by atoms with Gasteiger partial charge in [0.2, 0.25) is 0 Å². The highest BCUT2D eigenvalue weighted by molar-refractivity contribution is 7.99. The van der Waals surface area contributed by atoms with Crippen LogP contribution in [0.1, 0.15) is 31.9 Å². The van der Waals surface area contributed by atoms with E-state index in [-0.39, 0.29) is 0 Å². The van der Waals surface area contributed by atoms with Crippen LogP contribution in [0.25, 0.3) is 0 Å². The van der Waals surface area contributed by atoms with Crippen LogP contribution in [-0.4, -0.2) is 17.0 Å². The molecular weight excluding hydrogens is 238 g/mol. The number of benzene rings is 1. The van der Waals surface area contributed by atoms with Crippen LogP contribution in [-0.2, 0) is 0 Å². The van der Waals surface area contributed by atoms with Crippen molar-refractivity contribution in [2.75, 3.05) is 5.75 Å². The highest BCUT2D eigenvalue weighted by Crippen LogP contribution is 2.31. The van der Waals surface area contributed by atoms with Crippen LogP contribution in [0.15, 0.2) is 24.3 Å². The van der Waals surface area contributed by atoms with Gasteiger partial charge in [0.15, 0.2) is 0 Å². The van der Waals surface area contributed by atoms with Crippen LogP contribution in [0.5, 0.6) is 0 Å². The van der Waals surface area contributed by atoms with Gasteiger partial charge in [0.05, 0.1) is 0 Å². The zero-order valence-electron chi connectivity index (χ0n) is 9.74. The maximum atomic E-state index is 5.92.